The van der Waals surface area contributed by atoms with Crippen LogP contribution in [-0.2, 0) is 15.9 Å². The van der Waals surface area contributed by atoms with Gasteiger partial charge < -0.3 is 19.8 Å². The predicted molar refractivity (Wildman–Crippen MR) is 82.0 cm³/mol. The van der Waals surface area contributed by atoms with E-state index in [-0.39, 0.29) is 5.92 Å². The molecule has 1 aromatic rings. The van der Waals surface area contributed by atoms with E-state index in [4.69, 9.17) is 9.47 Å². The first-order valence-corrected chi connectivity index (χ1v) is 7.61. The van der Waals surface area contributed by atoms with Gasteiger partial charge in [-0.15, -0.1) is 0 Å². The molecule has 2 N–H and O–H groups in total. The zero-order valence-corrected chi connectivity index (χ0v) is 13.6. The van der Waals surface area contributed by atoms with Crippen molar-refractivity contribution in [3.63, 3.8) is 0 Å². The average Bonchev–Trinajstić information content (AvgIpc) is 3.19. The van der Waals surface area contributed by atoms with E-state index in [1.54, 1.807) is 6.92 Å². The molecule has 1 aromatic heterocycles. The second-order valence-corrected chi connectivity index (χ2v) is 5.53. The second kappa shape index (κ2) is 7.29. The van der Waals surface area contributed by atoms with Gasteiger partial charge in [-0.25, -0.2) is 4.79 Å². The van der Waals surface area contributed by atoms with Crippen LogP contribution in [0.5, 0.6) is 0 Å². The number of aryl methyl sites for hydroxylation is 1. The van der Waals surface area contributed by atoms with Gasteiger partial charge in [0.25, 0.3) is 5.91 Å². The number of hydrogen-bond donors (Lipinski definition) is 2. The summed E-state index contributed by atoms with van der Waals surface area (Å²) in [6.45, 7) is 4.65. The number of H-pyrrole nitrogens is 1. The third-order valence-corrected chi connectivity index (χ3v) is 4.16. The number of methoxy groups -OCH3 is 1. The maximum Gasteiger partial charge on any atom is 0.339 e. The molecule has 7 nitrogen and oxygen atoms in total. The Kier molecular flexibility index (Phi) is 5.40. The van der Waals surface area contributed by atoms with Crippen LogP contribution in [0.25, 0.3) is 0 Å². The number of nitriles is 1. The van der Waals surface area contributed by atoms with E-state index < -0.39 is 17.9 Å². The summed E-state index contributed by atoms with van der Waals surface area (Å²) in [5.41, 5.74) is 1.86. The number of aromatic amines is 1. The molecule has 0 saturated carbocycles. The Balaban J connectivity index is 2.23. The maximum atomic E-state index is 12.5. The lowest BCUT2D eigenvalue weighted by Gasteiger charge is -2.16. The highest BCUT2D eigenvalue weighted by Crippen LogP contribution is 2.21. The first kappa shape index (κ1) is 17.0. The summed E-state index contributed by atoms with van der Waals surface area (Å²) in [6.07, 6.45) is 1.31. The molecule has 1 aliphatic heterocycles. The van der Waals surface area contributed by atoms with Crippen molar-refractivity contribution >= 4 is 11.9 Å². The summed E-state index contributed by atoms with van der Waals surface area (Å²) in [5.74, 6) is -0.883. The Hall–Kier alpha value is -2.33. The average molecular weight is 319 g/mol. The molecule has 2 atom stereocenters. The summed E-state index contributed by atoms with van der Waals surface area (Å²) in [4.78, 5) is 27.4. The van der Waals surface area contributed by atoms with E-state index in [1.807, 2.05) is 6.92 Å². The quantitative estimate of drug-likeness (QED) is 0.797. The number of nitrogens with one attached hydrogen (secondary N) is 2. The molecule has 1 amide bonds. The molecule has 0 aromatic carbocycles. The van der Waals surface area contributed by atoms with E-state index in [9.17, 15) is 14.9 Å². The van der Waals surface area contributed by atoms with Gasteiger partial charge in [-0.05, 0) is 25.3 Å². The van der Waals surface area contributed by atoms with E-state index in [0.29, 0.717) is 42.1 Å². The maximum absolute atomic E-state index is 12.5. The predicted octanol–water partition coefficient (Wildman–Crippen LogP) is 1.33. The highest BCUT2D eigenvalue weighted by Gasteiger charge is 2.29. The number of carbonyl (C=O) groups is 2. The van der Waals surface area contributed by atoms with Crippen molar-refractivity contribution in [2.75, 3.05) is 20.3 Å². The summed E-state index contributed by atoms with van der Waals surface area (Å²) >= 11 is 0. The minimum atomic E-state index is -0.612. The molecule has 124 valence electrons. The van der Waals surface area contributed by atoms with Crippen LogP contribution in [0.1, 0.15) is 45.4 Å². The Morgan fingerprint density at radius 3 is 2.83 bits per heavy atom. The third-order valence-electron chi connectivity index (χ3n) is 4.16. The van der Waals surface area contributed by atoms with Crippen LogP contribution in [0, 0.1) is 24.2 Å². The van der Waals surface area contributed by atoms with E-state index in [1.165, 1.54) is 7.11 Å². The van der Waals surface area contributed by atoms with Crippen LogP contribution < -0.4 is 5.32 Å². The molecular formula is C16H21N3O4. The fraction of sp³-hybridized carbons (Fsp3) is 0.562. The number of rotatable bonds is 5. The summed E-state index contributed by atoms with van der Waals surface area (Å²) in [7, 11) is 1.31. The molecule has 23 heavy (non-hydrogen) atoms. The number of carbonyl (C=O) groups excluding carboxylic acids is 2. The topological polar surface area (TPSA) is 104 Å². The molecule has 2 rings (SSSR count). The first-order chi connectivity index (χ1) is 11.0. The molecule has 2 heterocycles. The monoisotopic (exact) mass is 319 g/mol. The highest BCUT2D eigenvalue weighted by molar-refractivity contribution is 6.00. The Morgan fingerprint density at radius 1 is 1.57 bits per heavy atom. The first-order valence-electron chi connectivity index (χ1n) is 7.61. The van der Waals surface area contributed by atoms with Gasteiger partial charge in [0.15, 0.2) is 0 Å². The summed E-state index contributed by atoms with van der Waals surface area (Å²) in [5, 5.41) is 12.0. The van der Waals surface area contributed by atoms with Gasteiger partial charge >= 0.3 is 5.97 Å². The van der Waals surface area contributed by atoms with Crippen molar-refractivity contribution in [2.24, 2.45) is 5.92 Å². The normalized spacial score (nSPS) is 18.3. The Morgan fingerprint density at radius 2 is 2.30 bits per heavy atom. The molecule has 1 saturated heterocycles. The lowest BCUT2D eigenvalue weighted by atomic mass is 10.00. The lowest BCUT2D eigenvalue weighted by Crippen LogP contribution is -2.40. The Labute approximate surface area is 135 Å². The zero-order chi connectivity index (χ0) is 17.0. The number of hydrogen-bond acceptors (Lipinski definition) is 5. The van der Waals surface area contributed by atoms with Gasteiger partial charge in [0, 0.05) is 18.2 Å². The van der Waals surface area contributed by atoms with Crippen LogP contribution in [0.3, 0.4) is 0 Å². The van der Waals surface area contributed by atoms with Crippen molar-refractivity contribution in [1.29, 1.82) is 5.26 Å². The lowest BCUT2D eigenvalue weighted by molar-refractivity contribution is 0.0599. The minimum Gasteiger partial charge on any atom is -0.465 e. The number of aromatic nitrogens is 1. The molecule has 0 spiro atoms. The standard InChI is InChI=1S/C16H21N3O4/c1-4-11-13(16(21)22-3)9(2)14(18-11)15(20)19-12(7-17)10-5-6-23-8-10/h10,12,18H,4-6,8H2,1-3H3,(H,19,20)/t10-,12+/m0/s1. The SMILES string of the molecule is CCc1[nH]c(C(=O)N[C@H](C#N)[C@H]2CCOC2)c(C)c1C(=O)OC. The number of ether oxygens (including phenoxy) is 2. The van der Waals surface area contributed by atoms with E-state index >= 15 is 0 Å². The van der Waals surface area contributed by atoms with Crippen molar-refractivity contribution in [3.05, 3.63) is 22.5 Å². The molecule has 1 aliphatic rings. The number of nitrogens with zero attached hydrogens (tertiary/aromatic N) is 1. The molecule has 0 radical (unpaired) electrons. The third kappa shape index (κ3) is 3.37. The van der Waals surface area contributed by atoms with Gasteiger partial charge in [-0.3, -0.25) is 4.79 Å². The number of amides is 1. The molecule has 7 heteroatoms. The second-order valence-electron chi connectivity index (χ2n) is 5.53. The highest BCUT2D eigenvalue weighted by atomic mass is 16.5. The van der Waals surface area contributed by atoms with Gasteiger partial charge in [-0.2, -0.15) is 5.26 Å². The van der Waals surface area contributed by atoms with Gasteiger partial charge in [0.1, 0.15) is 11.7 Å². The molecule has 0 bridgehead atoms. The summed E-state index contributed by atoms with van der Waals surface area (Å²) < 4.78 is 10.0. The molecule has 0 unspecified atom stereocenters. The van der Waals surface area contributed by atoms with E-state index in [2.05, 4.69) is 16.4 Å². The van der Waals surface area contributed by atoms with Gasteiger partial charge in [-0.1, -0.05) is 6.92 Å². The van der Waals surface area contributed by atoms with Crippen LogP contribution in [-0.4, -0.2) is 43.2 Å². The van der Waals surface area contributed by atoms with Crippen LogP contribution in [0.2, 0.25) is 0 Å². The van der Waals surface area contributed by atoms with Gasteiger partial charge in [0.05, 0.1) is 25.3 Å². The number of esters is 1. The van der Waals surface area contributed by atoms with Crippen molar-refractivity contribution in [3.8, 4) is 6.07 Å². The van der Waals surface area contributed by atoms with Gasteiger partial charge in [0.2, 0.25) is 0 Å². The van der Waals surface area contributed by atoms with E-state index in [0.717, 1.165) is 6.42 Å². The van der Waals surface area contributed by atoms with Crippen molar-refractivity contribution < 1.29 is 19.1 Å². The zero-order valence-electron chi connectivity index (χ0n) is 13.6. The molecule has 1 fully saturated rings. The fourth-order valence-corrected chi connectivity index (χ4v) is 2.81. The van der Waals surface area contributed by atoms with Crippen LogP contribution >= 0.6 is 0 Å². The Bertz CT molecular complexity index is 638. The largest absolute Gasteiger partial charge is 0.465 e. The summed E-state index contributed by atoms with van der Waals surface area (Å²) in [6, 6.07) is 1.50. The molecule has 0 aliphatic carbocycles. The van der Waals surface area contributed by atoms with Crippen LogP contribution in [0.15, 0.2) is 0 Å². The minimum absolute atomic E-state index is 0.00931. The molecular weight excluding hydrogens is 298 g/mol. The smallest absolute Gasteiger partial charge is 0.339 e. The van der Waals surface area contributed by atoms with Crippen LogP contribution in [0.4, 0.5) is 0 Å². The van der Waals surface area contributed by atoms with Crippen molar-refractivity contribution in [1.82, 2.24) is 10.3 Å². The fourth-order valence-electron chi connectivity index (χ4n) is 2.81. The van der Waals surface area contributed by atoms with Crippen molar-refractivity contribution in [2.45, 2.75) is 32.7 Å².